The van der Waals surface area contributed by atoms with E-state index in [9.17, 15) is 4.79 Å². The Bertz CT molecular complexity index is 479. The number of rotatable bonds is 4. The topological polar surface area (TPSA) is 20.3 Å². The number of thioether (sulfide) groups is 1. The van der Waals surface area contributed by atoms with E-state index in [2.05, 4.69) is 39.0 Å². The third-order valence-corrected chi connectivity index (χ3v) is 4.76. The molecule has 0 atom stereocenters. The van der Waals surface area contributed by atoms with Gasteiger partial charge in [0.05, 0.1) is 5.54 Å². The van der Waals surface area contributed by atoms with Crippen LogP contribution in [0.25, 0.3) is 6.08 Å². The first-order chi connectivity index (χ1) is 9.05. The molecule has 2 rings (SSSR count). The highest BCUT2D eigenvalue weighted by molar-refractivity contribution is 8.17. The third kappa shape index (κ3) is 3.03. The van der Waals surface area contributed by atoms with Crippen LogP contribution in [0.2, 0.25) is 0 Å². The molecule has 19 heavy (non-hydrogen) atoms. The number of hydrogen-bond donors (Lipinski definition) is 0. The molecule has 1 aliphatic rings. The molecule has 1 amide bonds. The average molecular weight is 275 g/mol. The normalized spacial score (nSPS) is 20.3. The standard InChI is InChI=1S/C16H21NOS/c1-4-5-11-17-15(18)19-14(16(17,2)3)12-13-9-7-6-8-10-13/h6-10,12H,4-5,11H2,1-3H3/b14-12-. The zero-order valence-electron chi connectivity index (χ0n) is 11.8. The van der Waals surface area contributed by atoms with Crippen molar-refractivity contribution in [2.75, 3.05) is 6.54 Å². The third-order valence-electron chi connectivity index (χ3n) is 3.53. The predicted molar refractivity (Wildman–Crippen MR) is 83.1 cm³/mol. The molecule has 0 saturated carbocycles. The fourth-order valence-corrected chi connectivity index (χ4v) is 3.40. The minimum absolute atomic E-state index is 0.181. The maximum Gasteiger partial charge on any atom is 0.286 e. The summed E-state index contributed by atoms with van der Waals surface area (Å²) < 4.78 is 0. The summed E-state index contributed by atoms with van der Waals surface area (Å²) in [6, 6.07) is 10.2. The van der Waals surface area contributed by atoms with E-state index in [-0.39, 0.29) is 10.8 Å². The Labute approximate surface area is 119 Å². The van der Waals surface area contributed by atoms with Crippen molar-refractivity contribution < 1.29 is 4.79 Å². The maximum atomic E-state index is 12.1. The van der Waals surface area contributed by atoms with Crippen molar-refractivity contribution in [2.45, 2.75) is 39.2 Å². The number of amides is 1. The van der Waals surface area contributed by atoms with Crippen LogP contribution in [0.1, 0.15) is 39.2 Å². The molecule has 0 spiro atoms. The summed E-state index contributed by atoms with van der Waals surface area (Å²) in [5.74, 6) is 0. The Kier molecular flexibility index (Phi) is 4.35. The number of nitrogens with zero attached hydrogens (tertiary/aromatic N) is 1. The van der Waals surface area contributed by atoms with Crippen LogP contribution in [-0.4, -0.2) is 22.2 Å². The van der Waals surface area contributed by atoms with E-state index in [1.165, 1.54) is 11.8 Å². The van der Waals surface area contributed by atoms with Crippen LogP contribution in [-0.2, 0) is 0 Å². The summed E-state index contributed by atoms with van der Waals surface area (Å²) >= 11 is 1.37. The largest absolute Gasteiger partial charge is 0.324 e. The summed E-state index contributed by atoms with van der Waals surface area (Å²) in [4.78, 5) is 15.3. The van der Waals surface area contributed by atoms with Gasteiger partial charge in [0.1, 0.15) is 0 Å². The SMILES string of the molecule is CCCCN1C(=O)S/C(=C\c2ccccc2)C1(C)C. The molecule has 102 valence electrons. The molecule has 1 heterocycles. The number of unbranched alkanes of at least 4 members (excludes halogenated alkanes) is 1. The van der Waals surface area contributed by atoms with Crippen molar-refractivity contribution in [1.82, 2.24) is 4.90 Å². The first-order valence-corrected chi connectivity index (χ1v) is 7.64. The molecule has 3 heteroatoms. The van der Waals surface area contributed by atoms with Crippen LogP contribution in [0.3, 0.4) is 0 Å². The van der Waals surface area contributed by atoms with Gasteiger partial charge in [0.2, 0.25) is 0 Å². The highest BCUT2D eigenvalue weighted by atomic mass is 32.2. The van der Waals surface area contributed by atoms with E-state index in [1.54, 1.807) is 0 Å². The van der Waals surface area contributed by atoms with Crippen molar-refractivity contribution in [1.29, 1.82) is 0 Å². The molecule has 1 aliphatic heterocycles. The van der Waals surface area contributed by atoms with Crippen LogP contribution in [0.4, 0.5) is 4.79 Å². The van der Waals surface area contributed by atoms with Crippen LogP contribution in [0.5, 0.6) is 0 Å². The van der Waals surface area contributed by atoms with E-state index < -0.39 is 0 Å². The van der Waals surface area contributed by atoms with Gasteiger partial charge in [0.25, 0.3) is 5.24 Å². The minimum Gasteiger partial charge on any atom is -0.324 e. The quantitative estimate of drug-likeness (QED) is 0.788. The highest BCUT2D eigenvalue weighted by Gasteiger charge is 2.42. The molecule has 0 unspecified atom stereocenters. The number of benzene rings is 1. The molecule has 0 N–H and O–H groups in total. The zero-order valence-corrected chi connectivity index (χ0v) is 12.7. The summed E-state index contributed by atoms with van der Waals surface area (Å²) in [5.41, 5.74) is 0.968. The number of carbonyl (C=O) groups is 1. The highest BCUT2D eigenvalue weighted by Crippen LogP contribution is 2.44. The van der Waals surface area contributed by atoms with Crippen LogP contribution in [0, 0.1) is 0 Å². The molecule has 1 aromatic rings. The molecule has 1 fully saturated rings. The molecular weight excluding hydrogens is 254 g/mol. The van der Waals surface area contributed by atoms with Gasteiger partial charge in [0.15, 0.2) is 0 Å². The van der Waals surface area contributed by atoms with Gasteiger partial charge in [-0.2, -0.15) is 0 Å². The smallest absolute Gasteiger partial charge is 0.286 e. The van der Waals surface area contributed by atoms with Crippen LogP contribution < -0.4 is 0 Å². The van der Waals surface area contributed by atoms with Crippen molar-refractivity contribution >= 4 is 23.1 Å². The first kappa shape index (κ1) is 14.2. The van der Waals surface area contributed by atoms with E-state index in [4.69, 9.17) is 0 Å². The Morgan fingerprint density at radius 2 is 1.95 bits per heavy atom. The monoisotopic (exact) mass is 275 g/mol. The second kappa shape index (κ2) is 5.83. The van der Waals surface area contributed by atoms with Gasteiger partial charge >= 0.3 is 0 Å². The fraction of sp³-hybridized carbons (Fsp3) is 0.438. The fourth-order valence-electron chi connectivity index (χ4n) is 2.23. The van der Waals surface area contributed by atoms with Gasteiger partial charge < -0.3 is 4.90 Å². The van der Waals surface area contributed by atoms with Gasteiger partial charge in [-0.15, -0.1) is 0 Å². The van der Waals surface area contributed by atoms with Crippen molar-refractivity contribution in [3.05, 3.63) is 40.8 Å². The summed E-state index contributed by atoms with van der Waals surface area (Å²) in [7, 11) is 0. The zero-order chi connectivity index (χ0) is 13.9. The lowest BCUT2D eigenvalue weighted by atomic mass is 10.0. The summed E-state index contributed by atoms with van der Waals surface area (Å²) in [5, 5.41) is 0.181. The average Bonchev–Trinajstić information content (AvgIpc) is 2.59. The van der Waals surface area contributed by atoms with Crippen molar-refractivity contribution in [3.63, 3.8) is 0 Å². The molecular formula is C16H21NOS. The Hall–Kier alpha value is -1.22. The van der Waals surface area contributed by atoms with Gasteiger partial charge in [-0.25, -0.2) is 0 Å². The number of carbonyl (C=O) groups excluding carboxylic acids is 1. The van der Waals surface area contributed by atoms with Gasteiger partial charge in [-0.1, -0.05) is 43.7 Å². The lowest BCUT2D eigenvalue weighted by Gasteiger charge is -2.31. The number of hydrogen-bond acceptors (Lipinski definition) is 2. The molecule has 0 radical (unpaired) electrons. The van der Waals surface area contributed by atoms with Gasteiger partial charge in [0, 0.05) is 11.4 Å². The second-order valence-corrected chi connectivity index (χ2v) is 6.34. The Morgan fingerprint density at radius 1 is 1.26 bits per heavy atom. The minimum atomic E-state index is -0.188. The molecule has 2 nitrogen and oxygen atoms in total. The van der Waals surface area contributed by atoms with E-state index in [0.29, 0.717) is 0 Å². The molecule has 1 aromatic carbocycles. The van der Waals surface area contributed by atoms with Gasteiger partial charge in [-0.3, -0.25) is 4.79 Å². The van der Waals surface area contributed by atoms with Crippen molar-refractivity contribution in [2.24, 2.45) is 0 Å². The summed E-state index contributed by atoms with van der Waals surface area (Å²) in [6.45, 7) is 7.27. The van der Waals surface area contributed by atoms with Crippen LogP contribution in [0.15, 0.2) is 35.2 Å². The van der Waals surface area contributed by atoms with E-state index in [0.717, 1.165) is 29.9 Å². The lowest BCUT2D eigenvalue weighted by Crippen LogP contribution is -2.41. The van der Waals surface area contributed by atoms with Crippen molar-refractivity contribution in [3.8, 4) is 0 Å². The van der Waals surface area contributed by atoms with E-state index in [1.807, 2.05) is 23.1 Å². The predicted octanol–water partition coefficient (Wildman–Crippen LogP) is 4.78. The molecule has 0 aromatic heterocycles. The Morgan fingerprint density at radius 3 is 2.58 bits per heavy atom. The molecule has 0 bridgehead atoms. The summed E-state index contributed by atoms with van der Waals surface area (Å²) in [6.07, 6.45) is 4.31. The first-order valence-electron chi connectivity index (χ1n) is 6.82. The van der Waals surface area contributed by atoms with Crippen LogP contribution >= 0.6 is 11.8 Å². The lowest BCUT2D eigenvalue weighted by molar-refractivity contribution is 0.186. The van der Waals surface area contributed by atoms with Gasteiger partial charge in [-0.05, 0) is 43.7 Å². The molecule has 0 aliphatic carbocycles. The van der Waals surface area contributed by atoms with E-state index >= 15 is 0 Å². The Balaban J connectivity index is 2.24. The molecule has 1 saturated heterocycles. The maximum absolute atomic E-state index is 12.1. The second-order valence-electron chi connectivity index (χ2n) is 5.35.